The van der Waals surface area contributed by atoms with Crippen molar-refractivity contribution in [2.24, 2.45) is 0 Å². The lowest BCUT2D eigenvalue weighted by Gasteiger charge is -2.34. The second-order valence-electron chi connectivity index (χ2n) is 4.82. The maximum atomic E-state index is 12.3. The quantitative estimate of drug-likeness (QED) is 0.795. The lowest BCUT2D eigenvalue weighted by Crippen LogP contribution is -2.39. The molecular formula is C18H18ClNO2. The summed E-state index contributed by atoms with van der Waals surface area (Å²) in [5, 5.41) is 0. The predicted molar refractivity (Wildman–Crippen MR) is 91.7 cm³/mol. The predicted octanol–water partition coefficient (Wildman–Crippen LogP) is 4.21. The lowest BCUT2D eigenvalue weighted by atomic mass is 10.0. The molecule has 1 aliphatic rings. The Kier molecular flexibility index (Phi) is 5.23. The molecule has 1 atom stereocenters. The minimum Gasteiger partial charge on any atom is -0.464 e. The third-order valence-electron chi connectivity index (χ3n) is 3.49. The summed E-state index contributed by atoms with van der Waals surface area (Å²) in [5.74, 6) is -0.230. The Hall–Kier alpha value is -2.26. The van der Waals surface area contributed by atoms with Crippen LogP contribution in [0.25, 0.3) is 6.08 Å². The van der Waals surface area contributed by atoms with Gasteiger partial charge in [0.2, 0.25) is 0 Å². The fourth-order valence-corrected chi connectivity index (χ4v) is 2.58. The standard InChI is InChI=1S/C18H17NO2.ClH/c1-2-21-18(20)17-13-12-14-8-6-7-11-16(14)19(17)15-9-4-3-5-10-15;/h3-13,17H,2H2,1H3;1H. The number of para-hydroxylation sites is 2. The molecule has 0 aliphatic carbocycles. The van der Waals surface area contributed by atoms with Crippen molar-refractivity contribution in [2.45, 2.75) is 13.0 Å². The molecule has 1 aliphatic heterocycles. The zero-order valence-electron chi connectivity index (χ0n) is 12.3. The second-order valence-corrected chi connectivity index (χ2v) is 4.82. The molecule has 1 heterocycles. The van der Waals surface area contributed by atoms with Crippen LogP contribution in [0.15, 0.2) is 60.7 Å². The molecule has 0 aromatic heterocycles. The number of carbonyl (C=O) groups is 1. The van der Waals surface area contributed by atoms with Crippen molar-refractivity contribution in [1.29, 1.82) is 0 Å². The third kappa shape index (κ3) is 3.00. The molecule has 3 rings (SSSR count). The zero-order valence-corrected chi connectivity index (χ0v) is 13.1. The highest BCUT2D eigenvalue weighted by Gasteiger charge is 2.30. The highest BCUT2D eigenvalue weighted by molar-refractivity contribution is 5.91. The molecule has 0 radical (unpaired) electrons. The van der Waals surface area contributed by atoms with Gasteiger partial charge in [-0.15, -0.1) is 12.4 Å². The van der Waals surface area contributed by atoms with Crippen molar-refractivity contribution in [3.05, 3.63) is 66.2 Å². The van der Waals surface area contributed by atoms with Gasteiger partial charge in [0.15, 0.2) is 6.04 Å². The van der Waals surface area contributed by atoms with E-state index < -0.39 is 6.04 Å². The summed E-state index contributed by atoms with van der Waals surface area (Å²) in [5.41, 5.74) is 3.10. The molecule has 0 spiro atoms. The Balaban J connectivity index is 0.00000176. The molecule has 0 saturated heterocycles. The van der Waals surface area contributed by atoms with Crippen LogP contribution in [-0.2, 0) is 9.53 Å². The maximum absolute atomic E-state index is 12.3. The summed E-state index contributed by atoms with van der Waals surface area (Å²) in [7, 11) is 0. The van der Waals surface area contributed by atoms with Gasteiger partial charge < -0.3 is 9.64 Å². The van der Waals surface area contributed by atoms with Gasteiger partial charge >= 0.3 is 5.97 Å². The number of esters is 1. The van der Waals surface area contributed by atoms with E-state index in [2.05, 4.69) is 0 Å². The van der Waals surface area contributed by atoms with Gasteiger partial charge in [0.1, 0.15) is 0 Å². The molecular weight excluding hydrogens is 298 g/mol. The van der Waals surface area contributed by atoms with Crippen LogP contribution in [-0.4, -0.2) is 18.6 Å². The van der Waals surface area contributed by atoms with Crippen LogP contribution in [0, 0.1) is 0 Å². The number of hydrogen-bond donors (Lipinski definition) is 0. The van der Waals surface area contributed by atoms with E-state index in [1.165, 1.54) is 0 Å². The number of benzene rings is 2. The number of rotatable bonds is 3. The van der Waals surface area contributed by atoms with Crippen LogP contribution >= 0.6 is 12.4 Å². The number of ether oxygens (including phenoxy) is 1. The molecule has 0 saturated carbocycles. The lowest BCUT2D eigenvalue weighted by molar-refractivity contribution is -0.143. The van der Waals surface area contributed by atoms with Crippen molar-refractivity contribution in [3.63, 3.8) is 0 Å². The number of fused-ring (bicyclic) bond motifs is 1. The van der Waals surface area contributed by atoms with Crippen LogP contribution < -0.4 is 4.90 Å². The Morgan fingerprint density at radius 2 is 1.77 bits per heavy atom. The molecule has 114 valence electrons. The van der Waals surface area contributed by atoms with Gasteiger partial charge in [0.05, 0.1) is 6.61 Å². The molecule has 0 N–H and O–H groups in total. The number of carbonyl (C=O) groups excluding carboxylic acids is 1. The number of nitrogens with zero attached hydrogens (tertiary/aromatic N) is 1. The first-order valence-corrected chi connectivity index (χ1v) is 7.09. The van der Waals surface area contributed by atoms with Crippen molar-refractivity contribution in [2.75, 3.05) is 11.5 Å². The molecule has 1 unspecified atom stereocenters. The first kappa shape index (κ1) is 16.1. The number of anilines is 2. The monoisotopic (exact) mass is 315 g/mol. The number of halogens is 1. The van der Waals surface area contributed by atoms with Crippen LogP contribution in [0.5, 0.6) is 0 Å². The van der Waals surface area contributed by atoms with Gasteiger partial charge in [-0.05, 0) is 36.8 Å². The Labute approximate surface area is 136 Å². The average Bonchev–Trinajstić information content (AvgIpc) is 2.55. The Morgan fingerprint density at radius 3 is 2.50 bits per heavy atom. The van der Waals surface area contributed by atoms with Crippen LogP contribution in [0.3, 0.4) is 0 Å². The molecule has 0 bridgehead atoms. The molecule has 22 heavy (non-hydrogen) atoms. The van der Waals surface area contributed by atoms with Gasteiger partial charge in [0, 0.05) is 11.4 Å². The van der Waals surface area contributed by atoms with Crippen molar-refractivity contribution >= 4 is 35.8 Å². The summed E-state index contributed by atoms with van der Waals surface area (Å²) in [6, 6.07) is 17.5. The molecule has 0 amide bonds. The highest BCUT2D eigenvalue weighted by Crippen LogP contribution is 2.35. The van der Waals surface area contributed by atoms with Crippen LogP contribution in [0.2, 0.25) is 0 Å². The van der Waals surface area contributed by atoms with E-state index in [0.717, 1.165) is 16.9 Å². The van der Waals surface area contributed by atoms with Gasteiger partial charge in [-0.25, -0.2) is 4.79 Å². The second kappa shape index (κ2) is 7.14. The summed E-state index contributed by atoms with van der Waals surface area (Å²) < 4.78 is 5.22. The minimum absolute atomic E-state index is 0. The topological polar surface area (TPSA) is 29.5 Å². The SMILES string of the molecule is CCOC(=O)C1C=Cc2ccccc2N1c1ccccc1.Cl. The average molecular weight is 316 g/mol. The summed E-state index contributed by atoms with van der Waals surface area (Å²) >= 11 is 0. The van der Waals surface area contributed by atoms with Crippen LogP contribution in [0.4, 0.5) is 11.4 Å². The first-order chi connectivity index (χ1) is 10.3. The van der Waals surface area contributed by atoms with E-state index >= 15 is 0 Å². The fourth-order valence-electron chi connectivity index (χ4n) is 2.58. The zero-order chi connectivity index (χ0) is 14.7. The molecule has 2 aromatic carbocycles. The molecule has 0 fully saturated rings. The molecule has 4 heteroatoms. The van der Waals surface area contributed by atoms with E-state index in [0.29, 0.717) is 6.61 Å². The Bertz CT molecular complexity index is 670. The largest absolute Gasteiger partial charge is 0.464 e. The van der Waals surface area contributed by atoms with Crippen molar-refractivity contribution < 1.29 is 9.53 Å². The minimum atomic E-state index is -0.428. The summed E-state index contributed by atoms with van der Waals surface area (Å²) in [6.07, 6.45) is 3.88. The van der Waals surface area contributed by atoms with E-state index in [4.69, 9.17) is 4.74 Å². The van der Waals surface area contributed by atoms with Crippen molar-refractivity contribution in [1.82, 2.24) is 0 Å². The van der Waals surface area contributed by atoms with E-state index in [1.54, 1.807) is 0 Å². The van der Waals surface area contributed by atoms with Gasteiger partial charge in [-0.1, -0.05) is 42.5 Å². The summed E-state index contributed by atoms with van der Waals surface area (Å²) in [4.78, 5) is 14.3. The van der Waals surface area contributed by atoms with Crippen LogP contribution in [0.1, 0.15) is 12.5 Å². The van der Waals surface area contributed by atoms with E-state index in [1.807, 2.05) is 78.6 Å². The molecule has 3 nitrogen and oxygen atoms in total. The number of hydrogen-bond acceptors (Lipinski definition) is 3. The smallest absolute Gasteiger partial charge is 0.333 e. The van der Waals surface area contributed by atoms with Gasteiger partial charge in [-0.3, -0.25) is 0 Å². The first-order valence-electron chi connectivity index (χ1n) is 7.09. The Morgan fingerprint density at radius 1 is 1.09 bits per heavy atom. The normalized spacial score (nSPS) is 15.7. The van der Waals surface area contributed by atoms with E-state index in [9.17, 15) is 4.79 Å². The fraction of sp³-hybridized carbons (Fsp3) is 0.167. The highest BCUT2D eigenvalue weighted by atomic mass is 35.5. The molecule has 2 aromatic rings. The van der Waals surface area contributed by atoms with Gasteiger partial charge in [0.25, 0.3) is 0 Å². The van der Waals surface area contributed by atoms with Crippen molar-refractivity contribution in [3.8, 4) is 0 Å². The third-order valence-corrected chi connectivity index (χ3v) is 3.49. The summed E-state index contributed by atoms with van der Waals surface area (Å²) in [6.45, 7) is 2.21. The van der Waals surface area contributed by atoms with E-state index in [-0.39, 0.29) is 18.4 Å². The maximum Gasteiger partial charge on any atom is 0.333 e. The van der Waals surface area contributed by atoms with Gasteiger partial charge in [-0.2, -0.15) is 0 Å².